The standard InChI is InChI=1S/C17H33N3/c1-4-11-19-14-16-9-5-7-12-20(16)13-8-6-10-17(2,3)15-18/h16,19H,4-14H2,1-3H3. The summed E-state index contributed by atoms with van der Waals surface area (Å²) >= 11 is 0. The number of likely N-dealkylation sites (tertiary alicyclic amines) is 1. The quantitative estimate of drug-likeness (QED) is 0.656. The Labute approximate surface area is 125 Å². The summed E-state index contributed by atoms with van der Waals surface area (Å²) in [6, 6.07) is 3.13. The minimum absolute atomic E-state index is 0.149. The molecule has 0 amide bonds. The van der Waals surface area contributed by atoms with Crippen LogP contribution in [0, 0.1) is 16.7 Å². The number of hydrogen-bond donors (Lipinski definition) is 1. The maximum absolute atomic E-state index is 9.04. The van der Waals surface area contributed by atoms with E-state index in [2.05, 4.69) is 23.2 Å². The van der Waals surface area contributed by atoms with Crippen LogP contribution in [0.4, 0.5) is 0 Å². The molecule has 1 saturated heterocycles. The lowest BCUT2D eigenvalue weighted by molar-refractivity contribution is 0.141. The zero-order chi connectivity index (χ0) is 14.8. The number of nitrogens with one attached hydrogen (secondary N) is 1. The summed E-state index contributed by atoms with van der Waals surface area (Å²) in [5, 5.41) is 12.6. The van der Waals surface area contributed by atoms with Crippen LogP contribution in [0.15, 0.2) is 0 Å². The van der Waals surface area contributed by atoms with Crippen molar-refractivity contribution in [1.82, 2.24) is 10.2 Å². The summed E-state index contributed by atoms with van der Waals surface area (Å²) in [6.07, 6.45) is 8.73. The van der Waals surface area contributed by atoms with Gasteiger partial charge in [-0.05, 0) is 65.6 Å². The average Bonchev–Trinajstić information content (AvgIpc) is 2.45. The van der Waals surface area contributed by atoms with E-state index in [1.807, 2.05) is 13.8 Å². The molecule has 1 rings (SSSR count). The van der Waals surface area contributed by atoms with Gasteiger partial charge in [-0.15, -0.1) is 0 Å². The monoisotopic (exact) mass is 279 g/mol. The van der Waals surface area contributed by atoms with E-state index in [-0.39, 0.29) is 5.41 Å². The highest BCUT2D eigenvalue weighted by atomic mass is 15.2. The second kappa shape index (κ2) is 9.37. The zero-order valence-electron chi connectivity index (χ0n) is 13.7. The fourth-order valence-corrected chi connectivity index (χ4v) is 2.97. The summed E-state index contributed by atoms with van der Waals surface area (Å²) in [5.74, 6) is 0. The number of hydrogen-bond acceptors (Lipinski definition) is 3. The smallest absolute Gasteiger partial charge is 0.0683 e. The lowest BCUT2D eigenvalue weighted by Gasteiger charge is -2.36. The molecular weight excluding hydrogens is 246 g/mol. The molecule has 1 aliphatic rings. The van der Waals surface area contributed by atoms with Gasteiger partial charge in [-0.2, -0.15) is 5.26 Å². The zero-order valence-corrected chi connectivity index (χ0v) is 13.7. The molecule has 1 atom stereocenters. The molecule has 3 heteroatoms. The fraction of sp³-hybridized carbons (Fsp3) is 0.941. The van der Waals surface area contributed by atoms with Crippen LogP contribution in [0.1, 0.15) is 65.7 Å². The van der Waals surface area contributed by atoms with Crippen LogP contribution < -0.4 is 5.32 Å². The van der Waals surface area contributed by atoms with E-state index in [1.165, 1.54) is 51.6 Å². The Hall–Kier alpha value is -0.590. The first-order chi connectivity index (χ1) is 9.59. The summed E-state index contributed by atoms with van der Waals surface area (Å²) < 4.78 is 0. The molecule has 1 N–H and O–H groups in total. The highest BCUT2D eigenvalue weighted by Crippen LogP contribution is 2.23. The Morgan fingerprint density at radius 2 is 2.10 bits per heavy atom. The van der Waals surface area contributed by atoms with Gasteiger partial charge in [-0.25, -0.2) is 0 Å². The molecule has 0 saturated carbocycles. The molecule has 3 nitrogen and oxygen atoms in total. The summed E-state index contributed by atoms with van der Waals surface area (Å²) in [4.78, 5) is 2.67. The predicted octanol–water partition coefficient (Wildman–Crippen LogP) is 3.56. The lowest BCUT2D eigenvalue weighted by atomic mass is 9.89. The molecule has 116 valence electrons. The van der Waals surface area contributed by atoms with Gasteiger partial charge in [-0.3, -0.25) is 4.90 Å². The number of unbranched alkanes of at least 4 members (excludes halogenated alkanes) is 1. The fourth-order valence-electron chi connectivity index (χ4n) is 2.97. The van der Waals surface area contributed by atoms with Crippen molar-refractivity contribution in [3.8, 4) is 6.07 Å². The normalized spacial score (nSPS) is 20.8. The highest BCUT2D eigenvalue weighted by Gasteiger charge is 2.22. The van der Waals surface area contributed by atoms with Gasteiger partial charge in [-0.1, -0.05) is 19.8 Å². The maximum atomic E-state index is 9.04. The topological polar surface area (TPSA) is 39.1 Å². The van der Waals surface area contributed by atoms with E-state index in [0.29, 0.717) is 0 Å². The van der Waals surface area contributed by atoms with Crippen molar-refractivity contribution < 1.29 is 0 Å². The van der Waals surface area contributed by atoms with Crippen LogP contribution in [0.2, 0.25) is 0 Å². The molecule has 0 radical (unpaired) electrons. The molecule has 1 fully saturated rings. The van der Waals surface area contributed by atoms with E-state index >= 15 is 0 Å². The van der Waals surface area contributed by atoms with Gasteiger partial charge in [0, 0.05) is 12.6 Å². The molecular formula is C17H33N3. The summed E-state index contributed by atoms with van der Waals surface area (Å²) in [7, 11) is 0. The van der Waals surface area contributed by atoms with Gasteiger partial charge < -0.3 is 5.32 Å². The Morgan fingerprint density at radius 3 is 2.80 bits per heavy atom. The van der Waals surface area contributed by atoms with E-state index in [4.69, 9.17) is 5.26 Å². The molecule has 0 aromatic rings. The third-order valence-corrected chi connectivity index (χ3v) is 4.36. The third-order valence-electron chi connectivity index (χ3n) is 4.36. The second-order valence-corrected chi connectivity index (χ2v) is 6.84. The number of rotatable bonds is 9. The molecule has 20 heavy (non-hydrogen) atoms. The summed E-state index contributed by atoms with van der Waals surface area (Å²) in [5.41, 5.74) is -0.149. The van der Waals surface area contributed by atoms with Gasteiger partial charge in [0.25, 0.3) is 0 Å². The molecule has 0 bridgehead atoms. The van der Waals surface area contributed by atoms with Gasteiger partial charge in [0.2, 0.25) is 0 Å². The SMILES string of the molecule is CCCNCC1CCCCN1CCCCC(C)(C)C#N. The van der Waals surface area contributed by atoms with Crippen molar-refractivity contribution in [2.24, 2.45) is 5.41 Å². The van der Waals surface area contributed by atoms with Crippen molar-refractivity contribution in [3.05, 3.63) is 0 Å². The first kappa shape index (κ1) is 17.5. The van der Waals surface area contributed by atoms with Crippen molar-refractivity contribution in [2.45, 2.75) is 71.8 Å². The van der Waals surface area contributed by atoms with Crippen LogP contribution >= 0.6 is 0 Å². The first-order valence-corrected chi connectivity index (χ1v) is 8.45. The Balaban J connectivity index is 2.23. The highest BCUT2D eigenvalue weighted by molar-refractivity contribution is 4.91. The third kappa shape index (κ3) is 6.72. The largest absolute Gasteiger partial charge is 0.315 e. The average molecular weight is 279 g/mol. The molecule has 1 aliphatic heterocycles. The predicted molar refractivity (Wildman–Crippen MR) is 85.6 cm³/mol. The van der Waals surface area contributed by atoms with E-state index < -0.39 is 0 Å². The van der Waals surface area contributed by atoms with Crippen LogP contribution in [0.5, 0.6) is 0 Å². The molecule has 0 aromatic heterocycles. The van der Waals surface area contributed by atoms with E-state index in [0.717, 1.165) is 25.6 Å². The molecule has 1 heterocycles. The van der Waals surface area contributed by atoms with Crippen LogP contribution in [0.3, 0.4) is 0 Å². The van der Waals surface area contributed by atoms with Crippen molar-refractivity contribution in [1.29, 1.82) is 5.26 Å². The summed E-state index contributed by atoms with van der Waals surface area (Å²) in [6.45, 7) is 11.1. The second-order valence-electron chi connectivity index (χ2n) is 6.84. The molecule has 0 aliphatic carbocycles. The Kier molecular flexibility index (Phi) is 8.18. The van der Waals surface area contributed by atoms with Crippen molar-refractivity contribution in [2.75, 3.05) is 26.2 Å². The lowest BCUT2D eigenvalue weighted by Crippen LogP contribution is -2.46. The van der Waals surface area contributed by atoms with Crippen molar-refractivity contribution in [3.63, 3.8) is 0 Å². The minimum Gasteiger partial charge on any atom is -0.315 e. The van der Waals surface area contributed by atoms with Crippen LogP contribution in [-0.2, 0) is 0 Å². The maximum Gasteiger partial charge on any atom is 0.0683 e. The van der Waals surface area contributed by atoms with Crippen LogP contribution in [0.25, 0.3) is 0 Å². The molecule has 0 aromatic carbocycles. The van der Waals surface area contributed by atoms with Gasteiger partial charge in [0.15, 0.2) is 0 Å². The Morgan fingerprint density at radius 1 is 1.30 bits per heavy atom. The van der Waals surface area contributed by atoms with Crippen molar-refractivity contribution >= 4 is 0 Å². The van der Waals surface area contributed by atoms with E-state index in [1.54, 1.807) is 0 Å². The number of nitriles is 1. The molecule has 1 unspecified atom stereocenters. The Bertz CT molecular complexity index is 293. The van der Waals surface area contributed by atoms with E-state index in [9.17, 15) is 0 Å². The van der Waals surface area contributed by atoms with Gasteiger partial charge in [0.05, 0.1) is 11.5 Å². The van der Waals surface area contributed by atoms with Gasteiger partial charge >= 0.3 is 0 Å². The van der Waals surface area contributed by atoms with Crippen LogP contribution in [-0.4, -0.2) is 37.1 Å². The minimum atomic E-state index is -0.149. The first-order valence-electron chi connectivity index (χ1n) is 8.45. The van der Waals surface area contributed by atoms with Gasteiger partial charge in [0.1, 0.15) is 0 Å². The number of piperidine rings is 1. The molecule has 0 spiro atoms. The number of nitrogens with zero attached hydrogens (tertiary/aromatic N) is 2.